The van der Waals surface area contributed by atoms with E-state index >= 15 is 0 Å². The van der Waals surface area contributed by atoms with E-state index in [1.165, 1.54) is 82.8 Å². The zero-order valence-corrected chi connectivity index (χ0v) is 37.2. The SMILES string of the molecule is c1ccc(N(c2ccc3c(c2)-c2ccccc2C32c3ccccc3-c3cccc(N(c4ccccc4)c4ccc5ccccc5c4)c32)c2ccc3c4ccccc4n(-c4ccccc4)c3c2)cc1. The number of fused-ring (bicyclic) bond motifs is 14. The Hall–Kier alpha value is -8.92. The van der Waals surface area contributed by atoms with Crippen LogP contribution in [0.5, 0.6) is 0 Å². The van der Waals surface area contributed by atoms with Crippen LogP contribution in [-0.4, -0.2) is 4.57 Å². The third-order valence-electron chi connectivity index (χ3n) is 14.5. The molecule has 0 amide bonds. The molecule has 1 unspecified atom stereocenters. The Balaban J connectivity index is 1.01. The van der Waals surface area contributed by atoms with Crippen LogP contribution in [-0.2, 0) is 5.41 Å². The van der Waals surface area contributed by atoms with Crippen molar-refractivity contribution in [2.75, 3.05) is 9.80 Å². The molecule has 0 N–H and O–H groups in total. The second kappa shape index (κ2) is 15.1. The van der Waals surface area contributed by atoms with Gasteiger partial charge >= 0.3 is 0 Å². The molecule has 11 aromatic carbocycles. The van der Waals surface area contributed by atoms with Crippen LogP contribution in [0.15, 0.2) is 261 Å². The molecular weight excluding hydrogens is 823 g/mol. The lowest BCUT2D eigenvalue weighted by atomic mass is 9.70. The van der Waals surface area contributed by atoms with E-state index in [-0.39, 0.29) is 0 Å². The summed E-state index contributed by atoms with van der Waals surface area (Å²) in [5.74, 6) is 0. The fraction of sp³-hybridized carbons (Fsp3) is 0.0154. The summed E-state index contributed by atoms with van der Waals surface area (Å²) in [5.41, 5.74) is 19.9. The Bertz CT molecular complexity index is 3930. The summed E-state index contributed by atoms with van der Waals surface area (Å²) in [6.45, 7) is 0. The fourth-order valence-corrected chi connectivity index (χ4v) is 11.8. The Labute approximate surface area is 395 Å². The maximum atomic E-state index is 2.48. The molecule has 0 radical (unpaired) electrons. The predicted octanol–water partition coefficient (Wildman–Crippen LogP) is 17.2. The summed E-state index contributed by atoms with van der Waals surface area (Å²) in [7, 11) is 0. The summed E-state index contributed by atoms with van der Waals surface area (Å²) >= 11 is 0. The summed E-state index contributed by atoms with van der Waals surface area (Å²) in [5, 5.41) is 4.91. The van der Waals surface area contributed by atoms with Crippen LogP contribution in [0.1, 0.15) is 22.3 Å². The second-order valence-electron chi connectivity index (χ2n) is 18.0. The van der Waals surface area contributed by atoms with Crippen molar-refractivity contribution in [1.29, 1.82) is 0 Å². The number of aromatic nitrogens is 1. The normalized spacial score (nSPS) is 14.2. The highest BCUT2D eigenvalue weighted by molar-refractivity contribution is 6.10. The van der Waals surface area contributed by atoms with E-state index in [2.05, 4.69) is 275 Å². The highest BCUT2D eigenvalue weighted by Gasteiger charge is 2.53. The minimum Gasteiger partial charge on any atom is -0.310 e. The van der Waals surface area contributed by atoms with Crippen molar-refractivity contribution in [2.45, 2.75) is 5.41 Å². The van der Waals surface area contributed by atoms with E-state index in [0.29, 0.717) is 0 Å². The molecule has 0 saturated heterocycles. The van der Waals surface area contributed by atoms with Crippen LogP contribution >= 0.6 is 0 Å². The van der Waals surface area contributed by atoms with Gasteiger partial charge in [0.2, 0.25) is 0 Å². The zero-order chi connectivity index (χ0) is 44.8. The van der Waals surface area contributed by atoms with Gasteiger partial charge in [-0.15, -0.1) is 0 Å². The monoisotopic (exact) mass is 865 g/mol. The van der Waals surface area contributed by atoms with Gasteiger partial charge in [-0.1, -0.05) is 176 Å². The minimum absolute atomic E-state index is 0.593. The number of anilines is 6. The standard InChI is InChI=1S/C65H43N3/c1-4-21-46(22-5-1)66(51-37-39-55-54-29-14-17-33-61(54)68(63(55)43-51)48-25-8-3-9-26-48)50-38-40-60-57(42-50)53-28-13-16-32-59(53)65(60)58-31-15-12-27-52(58)56-30-18-34-62(64(56)65)67(47-23-6-2-7-24-47)49-36-35-44-19-10-11-20-45(44)41-49/h1-43H. The average molecular weight is 866 g/mol. The molecule has 68 heavy (non-hydrogen) atoms. The number of nitrogens with zero attached hydrogens (tertiary/aromatic N) is 3. The molecule has 318 valence electrons. The van der Waals surface area contributed by atoms with Crippen LogP contribution in [0.4, 0.5) is 34.1 Å². The molecule has 2 aliphatic rings. The summed E-state index contributed by atoms with van der Waals surface area (Å²) < 4.78 is 2.41. The van der Waals surface area contributed by atoms with Gasteiger partial charge < -0.3 is 14.4 Å². The van der Waals surface area contributed by atoms with Crippen molar-refractivity contribution >= 4 is 66.7 Å². The van der Waals surface area contributed by atoms with Crippen LogP contribution < -0.4 is 9.80 Å². The summed E-state index contributed by atoms with van der Waals surface area (Å²) in [6.07, 6.45) is 0. The molecule has 3 nitrogen and oxygen atoms in total. The van der Waals surface area contributed by atoms with Gasteiger partial charge in [0.25, 0.3) is 0 Å². The Morgan fingerprint density at radius 1 is 0.294 bits per heavy atom. The van der Waals surface area contributed by atoms with Crippen molar-refractivity contribution in [3.63, 3.8) is 0 Å². The number of para-hydroxylation sites is 4. The van der Waals surface area contributed by atoms with Crippen molar-refractivity contribution in [1.82, 2.24) is 4.57 Å². The van der Waals surface area contributed by atoms with Crippen LogP contribution in [0.2, 0.25) is 0 Å². The molecular formula is C65H43N3. The molecule has 1 spiro atoms. The van der Waals surface area contributed by atoms with Crippen molar-refractivity contribution in [2.24, 2.45) is 0 Å². The maximum absolute atomic E-state index is 2.48. The van der Waals surface area contributed by atoms with E-state index in [9.17, 15) is 0 Å². The first kappa shape index (κ1) is 38.4. The van der Waals surface area contributed by atoms with Crippen LogP contribution in [0.25, 0.3) is 60.5 Å². The lowest BCUT2D eigenvalue weighted by molar-refractivity contribution is 0.793. The summed E-state index contributed by atoms with van der Waals surface area (Å²) in [4.78, 5) is 4.91. The van der Waals surface area contributed by atoms with Crippen molar-refractivity contribution in [3.8, 4) is 27.9 Å². The first-order chi connectivity index (χ1) is 33.8. The molecule has 1 atom stereocenters. The Morgan fingerprint density at radius 2 is 0.824 bits per heavy atom. The molecule has 12 aromatic rings. The molecule has 0 fully saturated rings. The number of rotatable bonds is 7. The molecule has 2 aliphatic carbocycles. The topological polar surface area (TPSA) is 11.4 Å². The number of hydrogen-bond acceptors (Lipinski definition) is 2. The highest BCUT2D eigenvalue weighted by Crippen LogP contribution is 2.66. The van der Waals surface area contributed by atoms with E-state index in [4.69, 9.17) is 0 Å². The first-order valence-corrected chi connectivity index (χ1v) is 23.5. The smallest absolute Gasteiger partial charge is 0.0746 e. The quantitative estimate of drug-likeness (QED) is 0.158. The van der Waals surface area contributed by atoms with Crippen LogP contribution in [0, 0.1) is 0 Å². The van der Waals surface area contributed by atoms with Gasteiger partial charge in [0, 0.05) is 50.5 Å². The van der Waals surface area contributed by atoms with Crippen molar-refractivity contribution in [3.05, 3.63) is 283 Å². The number of hydrogen-bond donors (Lipinski definition) is 0. The fourth-order valence-electron chi connectivity index (χ4n) is 11.8. The van der Waals surface area contributed by atoms with Crippen molar-refractivity contribution < 1.29 is 0 Å². The van der Waals surface area contributed by atoms with Gasteiger partial charge in [-0.3, -0.25) is 0 Å². The summed E-state index contributed by atoms with van der Waals surface area (Å²) in [6, 6.07) is 96.2. The van der Waals surface area contributed by atoms with Crippen LogP contribution in [0.3, 0.4) is 0 Å². The zero-order valence-electron chi connectivity index (χ0n) is 37.2. The van der Waals surface area contributed by atoms with E-state index in [1.54, 1.807) is 0 Å². The van der Waals surface area contributed by atoms with Gasteiger partial charge in [0.05, 0.1) is 22.1 Å². The van der Waals surface area contributed by atoms with Gasteiger partial charge in [0.1, 0.15) is 0 Å². The minimum atomic E-state index is -0.593. The maximum Gasteiger partial charge on any atom is 0.0746 e. The average Bonchev–Trinajstić information content (AvgIpc) is 4.01. The first-order valence-electron chi connectivity index (χ1n) is 23.5. The third-order valence-corrected chi connectivity index (χ3v) is 14.5. The molecule has 1 heterocycles. The number of benzene rings is 11. The molecule has 0 saturated carbocycles. The molecule has 14 rings (SSSR count). The highest BCUT2D eigenvalue weighted by atomic mass is 15.2. The third kappa shape index (κ3) is 5.54. The van der Waals surface area contributed by atoms with Gasteiger partial charge in [-0.25, -0.2) is 0 Å². The van der Waals surface area contributed by atoms with E-state index in [0.717, 1.165) is 34.1 Å². The Kier molecular flexibility index (Phi) is 8.50. The molecule has 0 aliphatic heterocycles. The predicted molar refractivity (Wildman–Crippen MR) is 284 cm³/mol. The molecule has 1 aromatic heterocycles. The van der Waals surface area contributed by atoms with Gasteiger partial charge in [-0.2, -0.15) is 0 Å². The second-order valence-corrected chi connectivity index (χ2v) is 18.0. The largest absolute Gasteiger partial charge is 0.310 e. The lowest BCUT2D eigenvalue weighted by Crippen LogP contribution is -2.28. The van der Waals surface area contributed by atoms with Gasteiger partial charge in [-0.05, 0) is 135 Å². The molecule has 3 heteroatoms. The van der Waals surface area contributed by atoms with E-state index in [1.807, 2.05) is 0 Å². The van der Waals surface area contributed by atoms with Gasteiger partial charge in [0.15, 0.2) is 0 Å². The van der Waals surface area contributed by atoms with E-state index < -0.39 is 5.41 Å². The Morgan fingerprint density at radius 3 is 1.59 bits per heavy atom. The molecule has 0 bridgehead atoms. The lowest BCUT2D eigenvalue weighted by Gasteiger charge is -2.36.